The molecule has 0 bridgehead atoms. The number of amides is 3. The quantitative estimate of drug-likeness (QED) is 0.363. The highest BCUT2D eigenvalue weighted by atomic mass is 32.2. The Bertz CT molecular complexity index is 1200. The Balaban J connectivity index is 1.72. The monoisotopic (exact) mass is 518 g/mol. The van der Waals surface area contributed by atoms with Crippen LogP contribution in [0.5, 0.6) is 11.5 Å². The molecule has 0 atom stereocenters. The van der Waals surface area contributed by atoms with E-state index in [1.54, 1.807) is 23.1 Å². The van der Waals surface area contributed by atoms with Crippen molar-refractivity contribution in [2.45, 2.75) is 31.6 Å². The van der Waals surface area contributed by atoms with E-state index < -0.39 is 10.0 Å². The molecule has 0 aliphatic carbocycles. The topological polar surface area (TPSA) is 143 Å². The second kappa shape index (κ2) is 12.2. The summed E-state index contributed by atoms with van der Waals surface area (Å²) in [5, 5.41) is 5.23. The van der Waals surface area contributed by atoms with E-state index in [2.05, 4.69) is 15.4 Å². The summed E-state index contributed by atoms with van der Waals surface area (Å²) in [6.07, 6.45) is 1.27. The molecule has 194 valence electrons. The molecule has 0 aromatic heterocycles. The van der Waals surface area contributed by atoms with E-state index in [9.17, 15) is 22.8 Å². The lowest BCUT2D eigenvalue weighted by Crippen LogP contribution is -2.26. The SMILES string of the molecule is CC(=O)NCCOc1ccc(NS(=O)(=O)c2ccc(N3CCCC3=O)cc2)cc1OCCNC(C)=O. The molecule has 1 heterocycles. The molecule has 1 fully saturated rings. The highest BCUT2D eigenvalue weighted by molar-refractivity contribution is 7.92. The van der Waals surface area contributed by atoms with Crippen LogP contribution in [0.3, 0.4) is 0 Å². The number of hydrogen-bond donors (Lipinski definition) is 3. The number of benzene rings is 2. The van der Waals surface area contributed by atoms with Crippen LogP contribution in [0.2, 0.25) is 0 Å². The fourth-order valence-corrected chi connectivity index (χ4v) is 4.57. The molecule has 0 saturated carbocycles. The molecule has 0 radical (unpaired) electrons. The molecule has 1 aliphatic heterocycles. The third-order valence-electron chi connectivity index (χ3n) is 5.20. The molecule has 3 rings (SSSR count). The molecule has 1 saturated heterocycles. The first-order valence-corrected chi connectivity index (χ1v) is 13.0. The number of anilines is 2. The van der Waals surface area contributed by atoms with E-state index in [-0.39, 0.29) is 60.4 Å². The number of nitrogens with zero attached hydrogens (tertiary/aromatic N) is 1. The largest absolute Gasteiger partial charge is 0.488 e. The summed E-state index contributed by atoms with van der Waals surface area (Å²) in [5.41, 5.74) is 0.907. The molecule has 0 spiro atoms. The van der Waals surface area contributed by atoms with Crippen molar-refractivity contribution in [3.05, 3.63) is 42.5 Å². The highest BCUT2D eigenvalue weighted by Gasteiger charge is 2.22. The highest BCUT2D eigenvalue weighted by Crippen LogP contribution is 2.32. The second-order valence-corrected chi connectivity index (χ2v) is 9.76. The van der Waals surface area contributed by atoms with Crippen LogP contribution in [-0.2, 0) is 24.4 Å². The van der Waals surface area contributed by atoms with Gasteiger partial charge in [0.15, 0.2) is 11.5 Å². The van der Waals surface area contributed by atoms with Crippen molar-refractivity contribution in [2.24, 2.45) is 0 Å². The first kappa shape index (κ1) is 26.8. The molecule has 2 aromatic carbocycles. The first-order chi connectivity index (χ1) is 17.2. The van der Waals surface area contributed by atoms with Crippen LogP contribution in [0, 0.1) is 0 Å². The third kappa shape index (κ3) is 7.60. The van der Waals surface area contributed by atoms with Crippen molar-refractivity contribution in [3.8, 4) is 11.5 Å². The fraction of sp³-hybridized carbons (Fsp3) is 0.375. The Kier molecular flexibility index (Phi) is 9.12. The minimum absolute atomic E-state index is 0.0224. The number of hydrogen-bond acceptors (Lipinski definition) is 7. The normalized spacial score (nSPS) is 13.3. The molecule has 0 unspecified atom stereocenters. The summed E-state index contributed by atoms with van der Waals surface area (Å²) in [6, 6.07) is 10.7. The number of carbonyl (C=O) groups is 3. The van der Waals surface area contributed by atoms with Crippen LogP contribution in [0.25, 0.3) is 0 Å². The average Bonchev–Trinajstić information content (AvgIpc) is 3.26. The van der Waals surface area contributed by atoms with Crippen LogP contribution in [0.15, 0.2) is 47.4 Å². The molecule has 11 nitrogen and oxygen atoms in total. The molecule has 36 heavy (non-hydrogen) atoms. The van der Waals surface area contributed by atoms with Gasteiger partial charge in [0.25, 0.3) is 10.0 Å². The number of ether oxygens (including phenoxy) is 2. The molecule has 3 amide bonds. The summed E-state index contributed by atoms with van der Waals surface area (Å²) in [7, 11) is -3.92. The van der Waals surface area contributed by atoms with E-state index in [4.69, 9.17) is 9.47 Å². The Morgan fingerprint density at radius 1 is 0.917 bits per heavy atom. The van der Waals surface area contributed by atoms with Gasteiger partial charge in [0.2, 0.25) is 17.7 Å². The van der Waals surface area contributed by atoms with Crippen molar-refractivity contribution in [1.82, 2.24) is 10.6 Å². The number of sulfonamides is 1. The second-order valence-electron chi connectivity index (χ2n) is 8.07. The maximum absolute atomic E-state index is 13.0. The molecular formula is C24H30N4O7S. The standard InChI is InChI=1S/C24H30N4O7S/c1-17(29)25-11-14-34-22-10-5-19(16-23(22)35-15-12-26-18(2)30)27-36(32,33)21-8-6-20(7-9-21)28-13-3-4-24(28)31/h5-10,16,27H,3-4,11-15H2,1-2H3,(H,25,29)(H,26,30). The lowest BCUT2D eigenvalue weighted by molar-refractivity contribution is -0.119. The average molecular weight is 519 g/mol. The Morgan fingerprint density at radius 3 is 2.08 bits per heavy atom. The summed E-state index contributed by atoms with van der Waals surface area (Å²) < 4.78 is 39.8. The van der Waals surface area contributed by atoms with Gasteiger partial charge in [0.05, 0.1) is 23.7 Å². The van der Waals surface area contributed by atoms with Crippen molar-refractivity contribution in [2.75, 3.05) is 42.5 Å². The lowest BCUT2D eigenvalue weighted by atomic mass is 10.3. The van der Waals surface area contributed by atoms with E-state index >= 15 is 0 Å². The zero-order valence-electron chi connectivity index (χ0n) is 20.2. The van der Waals surface area contributed by atoms with Crippen molar-refractivity contribution in [1.29, 1.82) is 0 Å². The van der Waals surface area contributed by atoms with Gasteiger partial charge in [-0.3, -0.25) is 19.1 Å². The van der Waals surface area contributed by atoms with Gasteiger partial charge in [0.1, 0.15) is 13.2 Å². The van der Waals surface area contributed by atoms with Gasteiger partial charge in [-0.1, -0.05) is 0 Å². The zero-order chi connectivity index (χ0) is 26.1. The van der Waals surface area contributed by atoms with Crippen LogP contribution in [0.1, 0.15) is 26.7 Å². The lowest BCUT2D eigenvalue weighted by Gasteiger charge is -2.17. The van der Waals surface area contributed by atoms with Crippen molar-refractivity contribution < 1.29 is 32.3 Å². The van der Waals surface area contributed by atoms with Gasteiger partial charge < -0.3 is 25.0 Å². The van der Waals surface area contributed by atoms with Crippen LogP contribution >= 0.6 is 0 Å². The zero-order valence-corrected chi connectivity index (χ0v) is 21.0. The van der Waals surface area contributed by atoms with Gasteiger partial charge in [-0.2, -0.15) is 0 Å². The summed E-state index contributed by atoms with van der Waals surface area (Å²) in [5.74, 6) is 0.258. The summed E-state index contributed by atoms with van der Waals surface area (Å²) in [6.45, 7) is 4.26. The predicted octanol–water partition coefficient (Wildman–Crippen LogP) is 1.64. The molecule has 3 N–H and O–H groups in total. The van der Waals surface area contributed by atoms with Crippen LogP contribution < -0.4 is 29.7 Å². The van der Waals surface area contributed by atoms with Gasteiger partial charge in [0, 0.05) is 38.6 Å². The van der Waals surface area contributed by atoms with E-state index in [1.165, 1.54) is 38.1 Å². The van der Waals surface area contributed by atoms with E-state index in [0.717, 1.165) is 6.42 Å². The first-order valence-electron chi connectivity index (χ1n) is 11.5. The van der Waals surface area contributed by atoms with Gasteiger partial charge in [-0.15, -0.1) is 0 Å². The smallest absolute Gasteiger partial charge is 0.261 e. The molecule has 1 aliphatic rings. The summed E-state index contributed by atoms with van der Waals surface area (Å²) in [4.78, 5) is 35.7. The summed E-state index contributed by atoms with van der Waals surface area (Å²) >= 11 is 0. The predicted molar refractivity (Wildman–Crippen MR) is 134 cm³/mol. The Hall–Kier alpha value is -3.80. The van der Waals surface area contributed by atoms with Crippen molar-refractivity contribution in [3.63, 3.8) is 0 Å². The Morgan fingerprint density at radius 2 is 1.53 bits per heavy atom. The van der Waals surface area contributed by atoms with E-state index in [1.807, 2.05) is 0 Å². The minimum Gasteiger partial charge on any atom is -0.488 e. The van der Waals surface area contributed by atoms with Gasteiger partial charge >= 0.3 is 0 Å². The maximum atomic E-state index is 13.0. The number of nitrogens with one attached hydrogen (secondary N) is 3. The number of rotatable bonds is 12. The maximum Gasteiger partial charge on any atom is 0.261 e. The fourth-order valence-electron chi connectivity index (χ4n) is 3.52. The van der Waals surface area contributed by atoms with Crippen molar-refractivity contribution >= 4 is 39.1 Å². The van der Waals surface area contributed by atoms with E-state index in [0.29, 0.717) is 24.4 Å². The van der Waals surface area contributed by atoms with Crippen LogP contribution in [-0.4, -0.2) is 59.0 Å². The molecular weight excluding hydrogens is 488 g/mol. The van der Waals surface area contributed by atoms with Gasteiger partial charge in [-0.05, 0) is 42.8 Å². The van der Waals surface area contributed by atoms with Crippen LogP contribution in [0.4, 0.5) is 11.4 Å². The molecule has 2 aromatic rings. The Labute approximate surface area is 210 Å². The molecule has 12 heteroatoms. The van der Waals surface area contributed by atoms with Gasteiger partial charge in [-0.25, -0.2) is 8.42 Å². The minimum atomic E-state index is -3.92. The third-order valence-corrected chi connectivity index (χ3v) is 6.59. The number of carbonyl (C=O) groups excluding carboxylic acids is 3.